The SMILES string of the molecule is O=S(=O)(Cl)c1cccc(Nc2ccccc2)c1. The van der Waals surface area contributed by atoms with Crippen molar-refractivity contribution < 1.29 is 8.42 Å². The fourth-order valence-electron chi connectivity index (χ4n) is 1.41. The summed E-state index contributed by atoms with van der Waals surface area (Å²) in [7, 11) is 1.59. The van der Waals surface area contributed by atoms with Gasteiger partial charge in [0.15, 0.2) is 0 Å². The van der Waals surface area contributed by atoms with Gasteiger partial charge in [0.05, 0.1) is 4.90 Å². The van der Waals surface area contributed by atoms with Crippen LogP contribution in [0.4, 0.5) is 11.4 Å². The van der Waals surface area contributed by atoms with Crippen molar-refractivity contribution >= 4 is 31.1 Å². The molecule has 2 aromatic carbocycles. The molecule has 0 radical (unpaired) electrons. The van der Waals surface area contributed by atoms with Crippen molar-refractivity contribution in [2.45, 2.75) is 4.90 Å². The second-order valence-corrected chi connectivity index (χ2v) is 6.02. The summed E-state index contributed by atoms with van der Waals surface area (Å²) in [5, 5.41) is 3.09. The lowest BCUT2D eigenvalue weighted by atomic mass is 10.3. The van der Waals surface area contributed by atoms with Crippen LogP contribution in [0.5, 0.6) is 0 Å². The van der Waals surface area contributed by atoms with E-state index in [1.54, 1.807) is 12.1 Å². The predicted molar refractivity (Wildman–Crippen MR) is 69.2 cm³/mol. The van der Waals surface area contributed by atoms with Gasteiger partial charge in [-0.2, -0.15) is 0 Å². The van der Waals surface area contributed by atoms with Crippen molar-refractivity contribution in [3.63, 3.8) is 0 Å². The first-order valence-corrected chi connectivity index (χ1v) is 7.23. The Morgan fingerprint density at radius 3 is 2.18 bits per heavy atom. The summed E-state index contributed by atoms with van der Waals surface area (Å²) in [5.74, 6) is 0. The fourth-order valence-corrected chi connectivity index (χ4v) is 2.21. The highest BCUT2D eigenvalue weighted by Gasteiger charge is 2.09. The maximum Gasteiger partial charge on any atom is 0.261 e. The zero-order valence-corrected chi connectivity index (χ0v) is 10.4. The first kappa shape index (κ1) is 12.0. The zero-order chi connectivity index (χ0) is 12.3. The largest absolute Gasteiger partial charge is 0.355 e. The summed E-state index contributed by atoms with van der Waals surface area (Å²) >= 11 is 0. The van der Waals surface area contributed by atoms with Crippen molar-refractivity contribution in [2.24, 2.45) is 0 Å². The maximum absolute atomic E-state index is 11.2. The van der Waals surface area contributed by atoms with Crippen LogP contribution in [0.2, 0.25) is 0 Å². The molecule has 0 spiro atoms. The van der Waals surface area contributed by atoms with Gasteiger partial charge in [-0.1, -0.05) is 24.3 Å². The van der Waals surface area contributed by atoms with Gasteiger partial charge in [0.25, 0.3) is 9.05 Å². The third-order valence-electron chi connectivity index (χ3n) is 2.18. The second kappa shape index (κ2) is 4.77. The minimum Gasteiger partial charge on any atom is -0.355 e. The Morgan fingerprint density at radius 1 is 0.882 bits per heavy atom. The van der Waals surface area contributed by atoms with E-state index in [0.29, 0.717) is 5.69 Å². The molecule has 2 rings (SSSR count). The minimum absolute atomic E-state index is 0.0834. The van der Waals surface area contributed by atoms with Crippen LogP contribution in [0.15, 0.2) is 59.5 Å². The first-order chi connectivity index (χ1) is 8.05. The molecule has 2 aromatic rings. The predicted octanol–water partition coefficient (Wildman–Crippen LogP) is 3.36. The average Bonchev–Trinajstić information content (AvgIpc) is 2.29. The van der Waals surface area contributed by atoms with Crippen molar-refractivity contribution in [3.05, 3.63) is 54.6 Å². The normalized spacial score (nSPS) is 11.1. The Labute approximate surface area is 104 Å². The summed E-state index contributed by atoms with van der Waals surface area (Å²) in [6.07, 6.45) is 0. The van der Waals surface area contributed by atoms with Crippen LogP contribution in [0, 0.1) is 0 Å². The molecule has 0 bridgehead atoms. The molecule has 0 amide bonds. The van der Waals surface area contributed by atoms with E-state index in [2.05, 4.69) is 5.32 Å². The van der Waals surface area contributed by atoms with E-state index in [1.807, 2.05) is 30.3 Å². The van der Waals surface area contributed by atoms with Gasteiger partial charge in [0.2, 0.25) is 0 Å². The maximum atomic E-state index is 11.2. The van der Waals surface area contributed by atoms with Gasteiger partial charge < -0.3 is 5.32 Å². The summed E-state index contributed by atoms with van der Waals surface area (Å²) in [4.78, 5) is 0.0834. The molecule has 0 aliphatic heterocycles. The van der Waals surface area contributed by atoms with Crippen LogP contribution in [0.3, 0.4) is 0 Å². The molecule has 1 N–H and O–H groups in total. The van der Waals surface area contributed by atoms with Gasteiger partial charge >= 0.3 is 0 Å². The molecule has 0 fully saturated rings. The lowest BCUT2D eigenvalue weighted by Gasteiger charge is -2.06. The van der Waals surface area contributed by atoms with Crippen LogP contribution in [0.25, 0.3) is 0 Å². The molecule has 0 atom stereocenters. The Balaban J connectivity index is 2.29. The van der Waals surface area contributed by atoms with Gasteiger partial charge in [0, 0.05) is 22.1 Å². The van der Waals surface area contributed by atoms with E-state index < -0.39 is 9.05 Å². The van der Waals surface area contributed by atoms with Gasteiger partial charge in [-0.15, -0.1) is 0 Å². The van der Waals surface area contributed by atoms with E-state index in [0.717, 1.165) is 5.69 Å². The Morgan fingerprint density at radius 2 is 1.53 bits per heavy atom. The molecule has 3 nitrogen and oxygen atoms in total. The molecule has 5 heteroatoms. The number of halogens is 1. The van der Waals surface area contributed by atoms with E-state index in [1.165, 1.54) is 12.1 Å². The third kappa shape index (κ3) is 3.22. The summed E-state index contributed by atoms with van der Waals surface area (Å²) < 4.78 is 22.4. The van der Waals surface area contributed by atoms with E-state index >= 15 is 0 Å². The summed E-state index contributed by atoms with van der Waals surface area (Å²) in [6, 6.07) is 15.8. The highest BCUT2D eigenvalue weighted by Crippen LogP contribution is 2.21. The van der Waals surface area contributed by atoms with E-state index in [-0.39, 0.29) is 4.90 Å². The van der Waals surface area contributed by atoms with Crippen LogP contribution < -0.4 is 5.32 Å². The van der Waals surface area contributed by atoms with Crippen LogP contribution in [-0.4, -0.2) is 8.42 Å². The molecule has 17 heavy (non-hydrogen) atoms. The Bertz CT molecular complexity index is 611. The highest BCUT2D eigenvalue weighted by molar-refractivity contribution is 8.13. The van der Waals surface area contributed by atoms with Crippen LogP contribution in [-0.2, 0) is 9.05 Å². The third-order valence-corrected chi connectivity index (χ3v) is 3.53. The number of anilines is 2. The number of nitrogens with one attached hydrogen (secondary N) is 1. The highest BCUT2D eigenvalue weighted by atomic mass is 35.7. The minimum atomic E-state index is -3.69. The van der Waals surface area contributed by atoms with Gasteiger partial charge in [0.1, 0.15) is 0 Å². The molecular formula is C12H10ClNO2S. The van der Waals surface area contributed by atoms with Crippen molar-refractivity contribution in [2.75, 3.05) is 5.32 Å². The molecule has 0 unspecified atom stereocenters. The smallest absolute Gasteiger partial charge is 0.261 e. The molecule has 0 heterocycles. The summed E-state index contributed by atoms with van der Waals surface area (Å²) in [6.45, 7) is 0. The Kier molecular flexibility index (Phi) is 3.36. The standard InChI is InChI=1S/C12H10ClNO2S/c13-17(15,16)12-8-4-7-11(9-12)14-10-5-2-1-3-6-10/h1-9,14H. The number of para-hydroxylation sites is 1. The average molecular weight is 268 g/mol. The number of hydrogen-bond donors (Lipinski definition) is 1. The quantitative estimate of drug-likeness (QED) is 0.868. The monoisotopic (exact) mass is 267 g/mol. The van der Waals surface area contributed by atoms with E-state index in [4.69, 9.17) is 10.7 Å². The molecule has 0 saturated heterocycles. The molecule has 0 saturated carbocycles. The van der Waals surface area contributed by atoms with Gasteiger partial charge in [-0.3, -0.25) is 0 Å². The lowest BCUT2D eigenvalue weighted by molar-refractivity contribution is 0.609. The topological polar surface area (TPSA) is 46.2 Å². The molecule has 0 aliphatic carbocycles. The molecule has 0 aromatic heterocycles. The van der Waals surface area contributed by atoms with Gasteiger partial charge in [-0.25, -0.2) is 8.42 Å². The van der Waals surface area contributed by atoms with Crippen molar-refractivity contribution in [3.8, 4) is 0 Å². The number of rotatable bonds is 3. The lowest BCUT2D eigenvalue weighted by Crippen LogP contribution is -1.94. The van der Waals surface area contributed by atoms with Crippen molar-refractivity contribution in [1.29, 1.82) is 0 Å². The fraction of sp³-hybridized carbons (Fsp3) is 0. The Hall–Kier alpha value is -1.52. The van der Waals surface area contributed by atoms with Gasteiger partial charge in [-0.05, 0) is 30.3 Å². The zero-order valence-electron chi connectivity index (χ0n) is 8.80. The number of benzene rings is 2. The first-order valence-electron chi connectivity index (χ1n) is 4.92. The summed E-state index contributed by atoms with van der Waals surface area (Å²) in [5.41, 5.74) is 1.56. The van der Waals surface area contributed by atoms with Crippen molar-refractivity contribution in [1.82, 2.24) is 0 Å². The molecule has 88 valence electrons. The molecular weight excluding hydrogens is 258 g/mol. The van der Waals surface area contributed by atoms with Crippen LogP contribution in [0.1, 0.15) is 0 Å². The van der Waals surface area contributed by atoms with Crippen LogP contribution >= 0.6 is 10.7 Å². The number of hydrogen-bond acceptors (Lipinski definition) is 3. The van der Waals surface area contributed by atoms with E-state index in [9.17, 15) is 8.42 Å². The molecule has 0 aliphatic rings. The second-order valence-electron chi connectivity index (χ2n) is 3.46.